The van der Waals surface area contributed by atoms with Gasteiger partial charge in [-0.05, 0) is 82.6 Å². The summed E-state index contributed by atoms with van der Waals surface area (Å²) in [6.45, 7) is 10.2. The van der Waals surface area contributed by atoms with E-state index in [0.29, 0.717) is 0 Å². The Balaban J connectivity index is 1.56. The summed E-state index contributed by atoms with van der Waals surface area (Å²) in [6.07, 6.45) is 6.07. The molecular formula is C22H32P2. The second-order valence-electron chi connectivity index (χ2n) is 9.42. The minimum atomic E-state index is 0.110. The molecule has 0 nitrogen and oxygen atoms in total. The van der Waals surface area contributed by atoms with Crippen molar-refractivity contribution in [1.82, 2.24) is 0 Å². The fourth-order valence-electron chi connectivity index (χ4n) is 6.74. The van der Waals surface area contributed by atoms with Gasteiger partial charge in [-0.25, -0.2) is 0 Å². The SMILES string of the molecule is C[C@@H]1CC2[C@@H](C)CC1P2c1ccccc1P1[C@@H]2C[C@H](C)[C@H]1C[C@@H]2C. The highest BCUT2D eigenvalue weighted by Crippen LogP contribution is 2.70. The van der Waals surface area contributed by atoms with Crippen molar-refractivity contribution in [2.75, 3.05) is 0 Å². The lowest BCUT2D eigenvalue weighted by Gasteiger charge is -2.27. The highest BCUT2D eigenvalue weighted by Gasteiger charge is 2.54. The maximum absolute atomic E-state index is 2.58. The molecule has 2 heteroatoms. The van der Waals surface area contributed by atoms with Crippen LogP contribution in [0.3, 0.4) is 0 Å². The number of fused-ring (bicyclic) bond motifs is 4. The van der Waals surface area contributed by atoms with Gasteiger partial charge in [-0.15, -0.1) is 0 Å². The zero-order valence-electron chi connectivity index (χ0n) is 15.7. The average molecular weight is 358 g/mol. The molecule has 0 radical (unpaired) electrons. The topological polar surface area (TPSA) is 0 Å². The normalized spacial score (nSPS) is 52.3. The zero-order chi connectivity index (χ0) is 16.6. The van der Waals surface area contributed by atoms with Gasteiger partial charge >= 0.3 is 0 Å². The molecule has 9 atom stereocenters. The maximum Gasteiger partial charge on any atom is -0.0137 e. The molecule has 4 heterocycles. The molecule has 0 spiro atoms. The number of benzene rings is 1. The first kappa shape index (κ1) is 16.3. The summed E-state index contributed by atoms with van der Waals surface area (Å²) < 4.78 is 0. The van der Waals surface area contributed by atoms with E-state index in [4.69, 9.17) is 0 Å². The Morgan fingerprint density at radius 2 is 0.875 bits per heavy atom. The maximum atomic E-state index is 2.58. The highest BCUT2D eigenvalue weighted by molar-refractivity contribution is 7.74. The summed E-state index contributed by atoms with van der Waals surface area (Å²) in [5.41, 5.74) is 4.13. The molecule has 0 saturated carbocycles. The summed E-state index contributed by atoms with van der Waals surface area (Å²) in [7, 11) is 0.220. The van der Waals surface area contributed by atoms with Crippen LogP contribution in [0.2, 0.25) is 0 Å². The van der Waals surface area contributed by atoms with Gasteiger partial charge in [-0.3, -0.25) is 0 Å². The molecule has 4 saturated heterocycles. The Morgan fingerprint density at radius 3 is 1.17 bits per heavy atom. The molecule has 4 aliphatic rings. The Kier molecular flexibility index (Phi) is 3.93. The number of rotatable bonds is 2. The summed E-state index contributed by atoms with van der Waals surface area (Å²) in [4.78, 5) is 0. The molecule has 3 unspecified atom stereocenters. The molecule has 0 aliphatic carbocycles. The van der Waals surface area contributed by atoms with Gasteiger partial charge in [0.15, 0.2) is 0 Å². The lowest BCUT2D eigenvalue weighted by molar-refractivity contribution is 0.365. The predicted molar refractivity (Wildman–Crippen MR) is 110 cm³/mol. The minimum absolute atomic E-state index is 0.110. The largest absolute Gasteiger partial charge is 0.0677 e. The van der Waals surface area contributed by atoms with Crippen molar-refractivity contribution >= 4 is 26.5 Å². The van der Waals surface area contributed by atoms with Crippen LogP contribution in [0, 0.1) is 23.7 Å². The first-order valence-corrected chi connectivity index (χ1v) is 13.2. The van der Waals surface area contributed by atoms with Crippen molar-refractivity contribution in [3.8, 4) is 0 Å². The lowest BCUT2D eigenvalue weighted by Crippen LogP contribution is -2.27. The van der Waals surface area contributed by atoms with Gasteiger partial charge in [0.1, 0.15) is 0 Å². The summed E-state index contributed by atoms with van der Waals surface area (Å²) in [5.74, 6) is 3.93. The van der Waals surface area contributed by atoms with Crippen LogP contribution in [0.15, 0.2) is 24.3 Å². The van der Waals surface area contributed by atoms with E-state index in [-0.39, 0.29) is 15.8 Å². The van der Waals surface area contributed by atoms with Crippen LogP contribution in [-0.2, 0) is 0 Å². The van der Waals surface area contributed by atoms with E-state index in [1.807, 2.05) is 10.6 Å². The van der Waals surface area contributed by atoms with Gasteiger partial charge in [0.05, 0.1) is 0 Å². The lowest BCUT2D eigenvalue weighted by atomic mass is 9.84. The van der Waals surface area contributed by atoms with Gasteiger partial charge < -0.3 is 0 Å². The van der Waals surface area contributed by atoms with Crippen molar-refractivity contribution in [1.29, 1.82) is 0 Å². The van der Waals surface area contributed by atoms with Gasteiger partial charge in [-0.1, -0.05) is 67.8 Å². The quantitative estimate of drug-likeness (QED) is 0.610. The molecule has 0 N–H and O–H groups in total. The zero-order valence-corrected chi connectivity index (χ0v) is 17.4. The molecular weight excluding hydrogens is 326 g/mol. The Labute approximate surface area is 150 Å². The predicted octanol–water partition coefficient (Wildman–Crippen LogP) is 5.53. The van der Waals surface area contributed by atoms with Crippen molar-refractivity contribution in [2.45, 2.75) is 76.0 Å². The van der Waals surface area contributed by atoms with E-state index in [1.54, 1.807) is 0 Å². The molecule has 130 valence electrons. The fourth-order valence-corrected chi connectivity index (χ4v) is 16.0. The third kappa shape index (κ3) is 2.18. The van der Waals surface area contributed by atoms with Gasteiger partial charge in [-0.2, -0.15) is 0 Å². The monoisotopic (exact) mass is 358 g/mol. The Bertz CT molecular complexity index is 554. The summed E-state index contributed by atoms with van der Waals surface area (Å²) in [5, 5.41) is 3.75. The van der Waals surface area contributed by atoms with Gasteiger partial charge in [0.25, 0.3) is 0 Å². The van der Waals surface area contributed by atoms with Gasteiger partial charge in [0, 0.05) is 0 Å². The number of hydrogen-bond donors (Lipinski definition) is 0. The second-order valence-corrected chi connectivity index (χ2v) is 14.7. The van der Waals surface area contributed by atoms with Crippen molar-refractivity contribution in [3.05, 3.63) is 24.3 Å². The van der Waals surface area contributed by atoms with E-state index in [0.717, 1.165) is 46.3 Å². The molecule has 5 rings (SSSR count). The third-order valence-corrected chi connectivity index (χ3v) is 15.8. The first-order valence-electron chi connectivity index (χ1n) is 10.2. The van der Waals surface area contributed by atoms with Crippen LogP contribution in [-0.4, -0.2) is 22.6 Å². The molecule has 1 aromatic carbocycles. The van der Waals surface area contributed by atoms with Crippen LogP contribution < -0.4 is 10.6 Å². The molecule has 0 aromatic heterocycles. The average Bonchev–Trinajstić information content (AvgIpc) is 3.24. The van der Waals surface area contributed by atoms with E-state index >= 15 is 0 Å². The van der Waals surface area contributed by atoms with Crippen molar-refractivity contribution < 1.29 is 0 Å². The summed E-state index contributed by atoms with van der Waals surface area (Å²) in [6, 6.07) is 9.86. The van der Waals surface area contributed by atoms with E-state index in [9.17, 15) is 0 Å². The number of hydrogen-bond acceptors (Lipinski definition) is 0. The molecule has 24 heavy (non-hydrogen) atoms. The van der Waals surface area contributed by atoms with Crippen LogP contribution in [0.5, 0.6) is 0 Å². The Morgan fingerprint density at radius 1 is 0.583 bits per heavy atom. The molecule has 1 aromatic rings. The molecule has 4 bridgehead atoms. The second kappa shape index (κ2) is 5.79. The third-order valence-electron chi connectivity index (χ3n) is 7.95. The van der Waals surface area contributed by atoms with Crippen LogP contribution in [0.25, 0.3) is 0 Å². The van der Waals surface area contributed by atoms with Crippen molar-refractivity contribution in [2.24, 2.45) is 23.7 Å². The van der Waals surface area contributed by atoms with E-state index < -0.39 is 0 Å². The fraction of sp³-hybridized carbons (Fsp3) is 0.727. The smallest absolute Gasteiger partial charge is 0.0137 e. The van der Waals surface area contributed by atoms with Gasteiger partial charge in [0.2, 0.25) is 0 Å². The van der Waals surface area contributed by atoms with Crippen LogP contribution in [0.1, 0.15) is 53.4 Å². The van der Waals surface area contributed by atoms with Crippen LogP contribution in [0.4, 0.5) is 0 Å². The van der Waals surface area contributed by atoms with E-state index in [2.05, 4.69) is 52.0 Å². The molecule has 0 amide bonds. The highest BCUT2D eigenvalue weighted by atomic mass is 31.1. The molecule has 4 fully saturated rings. The standard InChI is InChI=1S/C22H32P2/c1-13-9-20-14(2)10-19(13)23(20)17-7-5-6-8-18(17)24-21-12-16(4)22(24)11-15(21)3/h5-8,13-16,19-22H,9-12H2,1-4H3/t13-,14-,15-,16+,19+,20+,21?,22?,24?/m0/s1. The van der Waals surface area contributed by atoms with Crippen molar-refractivity contribution in [3.63, 3.8) is 0 Å². The summed E-state index contributed by atoms with van der Waals surface area (Å²) >= 11 is 0. The van der Waals surface area contributed by atoms with Crippen LogP contribution >= 0.6 is 15.8 Å². The first-order chi connectivity index (χ1) is 11.6. The van der Waals surface area contributed by atoms with E-state index in [1.165, 1.54) is 25.7 Å². The minimum Gasteiger partial charge on any atom is -0.0677 e. The molecule has 4 aliphatic heterocycles. The Hall–Kier alpha value is 0.0800.